The molecule has 0 radical (unpaired) electrons. The summed E-state index contributed by atoms with van der Waals surface area (Å²) in [5.74, 6) is 1.86. The number of nitrogens with zero attached hydrogens (tertiary/aromatic N) is 3. The highest BCUT2D eigenvalue weighted by atomic mass is 15.2. The molecule has 1 aliphatic heterocycles. The van der Waals surface area contributed by atoms with Crippen LogP contribution in [0.4, 0.5) is 11.8 Å². The van der Waals surface area contributed by atoms with Gasteiger partial charge in [-0.3, -0.25) is 0 Å². The predicted molar refractivity (Wildman–Crippen MR) is 86.2 cm³/mol. The summed E-state index contributed by atoms with van der Waals surface area (Å²) >= 11 is 0. The van der Waals surface area contributed by atoms with Crippen LogP contribution in [0.3, 0.4) is 0 Å². The molecule has 0 atom stereocenters. The van der Waals surface area contributed by atoms with E-state index in [1.807, 2.05) is 0 Å². The zero-order valence-corrected chi connectivity index (χ0v) is 13.2. The summed E-state index contributed by atoms with van der Waals surface area (Å²) in [6, 6.07) is 2.46. The third kappa shape index (κ3) is 2.71. The van der Waals surface area contributed by atoms with Crippen molar-refractivity contribution in [2.75, 3.05) is 23.7 Å². The Kier molecular flexibility index (Phi) is 3.78. The minimum atomic E-state index is 0.328. The third-order valence-corrected chi connectivity index (χ3v) is 5.60. The summed E-state index contributed by atoms with van der Waals surface area (Å²) in [5.41, 5.74) is 13.3. The van der Waals surface area contributed by atoms with Crippen molar-refractivity contribution in [3.05, 3.63) is 11.8 Å². The van der Waals surface area contributed by atoms with E-state index in [9.17, 15) is 0 Å². The molecule has 116 valence electrons. The molecule has 0 spiro atoms. The van der Waals surface area contributed by atoms with Crippen LogP contribution in [0.5, 0.6) is 0 Å². The minimum Gasteiger partial charge on any atom is -0.368 e. The van der Waals surface area contributed by atoms with Crippen LogP contribution in [0.1, 0.15) is 57.6 Å². The molecule has 0 aromatic carbocycles. The lowest BCUT2D eigenvalue weighted by Crippen LogP contribution is -2.35. The SMILES string of the molecule is CCC1(CC)CCN(c2cc(C3CC(N)C3)nc(N)n2)C1. The maximum atomic E-state index is 5.93. The first kappa shape index (κ1) is 14.6. The van der Waals surface area contributed by atoms with Crippen molar-refractivity contribution in [1.82, 2.24) is 9.97 Å². The van der Waals surface area contributed by atoms with Crippen molar-refractivity contribution in [2.24, 2.45) is 11.1 Å². The number of aromatic nitrogens is 2. The molecular formula is C16H27N5. The highest BCUT2D eigenvalue weighted by Crippen LogP contribution is 2.40. The van der Waals surface area contributed by atoms with Crippen molar-refractivity contribution in [3.63, 3.8) is 0 Å². The van der Waals surface area contributed by atoms with Gasteiger partial charge in [0.05, 0.1) is 5.69 Å². The van der Waals surface area contributed by atoms with Crippen molar-refractivity contribution in [1.29, 1.82) is 0 Å². The van der Waals surface area contributed by atoms with Crippen LogP contribution in [0.2, 0.25) is 0 Å². The topological polar surface area (TPSA) is 81.1 Å². The lowest BCUT2D eigenvalue weighted by molar-refractivity contribution is 0.301. The summed E-state index contributed by atoms with van der Waals surface area (Å²) in [7, 11) is 0. The zero-order chi connectivity index (χ0) is 15.0. The summed E-state index contributed by atoms with van der Waals surface area (Å²) in [6.07, 6.45) is 5.73. The van der Waals surface area contributed by atoms with Gasteiger partial charge in [0.25, 0.3) is 0 Å². The Morgan fingerprint density at radius 1 is 1.29 bits per heavy atom. The lowest BCUT2D eigenvalue weighted by atomic mass is 9.78. The molecule has 1 aliphatic carbocycles. The number of nitrogens with two attached hydrogens (primary N) is 2. The minimum absolute atomic E-state index is 0.328. The Labute approximate surface area is 127 Å². The van der Waals surface area contributed by atoms with Crippen molar-refractivity contribution < 1.29 is 0 Å². The highest BCUT2D eigenvalue weighted by Gasteiger charge is 2.36. The van der Waals surface area contributed by atoms with Gasteiger partial charge in [0.15, 0.2) is 0 Å². The van der Waals surface area contributed by atoms with Crippen LogP contribution < -0.4 is 16.4 Å². The maximum Gasteiger partial charge on any atom is 0.222 e. The van der Waals surface area contributed by atoms with Gasteiger partial charge in [-0.15, -0.1) is 0 Å². The second kappa shape index (κ2) is 5.44. The fraction of sp³-hybridized carbons (Fsp3) is 0.750. The van der Waals surface area contributed by atoms with Crippen LogP contribution in [0.15, 0.2) is 6.07 Å². The molecule has 0 bridgehead atoms. The van der Waals surface area contributed by atoms with Gasteiger partial charge in [0, 0.05) is 31.1 Å². The molecule has 0 amide bonds. The fourth-order valence-corrected chi connectivity index (χ4v) is 3.70. The molecule has 21 heavy (non-hydrogen) atoms. The normalized spacial score (nSPS) is 27.7. The van der Waals surface area contributed by atoms with E-state index in [-0.39, 0.29) is 0 Å². The van der Waals surface area contributed by atoms with Gasteiger partial charge >= 0.3 is 0 Å². The largest absolute Gasteiger partial charge is 0.368 e. The first-order valence-corrected chi connectivity index (χ1v) is 8.20. The van der Waals surface area contributed by atoms with Crippen LogP contribution >= 0.6 is 0 Å². The molecule has 3 rings (SSSR count). The molecule has 1 aromatic heterocycles. The van der Waals surface area contributed by atoms with E-state index in [4.69, 9.17) is 11.5 Å². The number of nitrogen functional groups attached to an aromatic ring is 1. The molecule has 1 saturated carbocycles. The molecule has 1 aromatic rings. The maximum absolute atomic E-state index is 5.93. The third-order valence-electron chi connectivity index (χ3n) is 5.60. The van der Waals surface area contributed by atoms with Crippen LogP contribution in [-0.2, 0) is 0 Å². The quantitative estimate of drug-likeness (QED) is 0.888. The standard InChI is InChI=1S/C16H27N5/c1-3-16(4-2)5-6-21(10-16)14-9-13(19-15(18)20-14)11-7-12(17)8-11/h9,11-12H,3-8,10,17H2,1-2H3,(H2,18,19,20). The molecule has 2 aliphatic rings. The summed E-state index contributed by atoms with van der Waals surface area (Å²) in [4.78, 5) is 11.3. The monoisotopic (exact) mass is 289 g/mol. The van der Waals surface area contributed by atoms with Gasteiger partial charge in [0.2, 0.25) is 5.95 Å². The Morgan fingerprint density at radius 2 is 2.00 bits per heavy atom. The second-order valence-corrected chi connectivity index (χ2v) is 6.82. The van der Waals surface area contributed by atoms with E-state index >= 15 is 0 Å². The van der Waals surface area contributed by atoms with Crippen LogP contribution in [0, 0.1) is 5.41 Å². The summed E-state index contributed by atoms with van der Waals surface area (Å²) in [6.45, 7) is 6.74. The van der Waals surface area contributed by atoms with E-state index in [0.717, 1.165) is 37.4 Å². The highest BCUT2D eigenvalue weighted by molar-refractivity contribution is 5.46. The van der Waals surface area contributed by atoms with Gasteiger partial charge < -0.3 is 16.4 Å². The number of rotatable bonds is 4. The molecule has 5 nitrogen and oxygen atoms in total. The van der Waals surface area contributed by atoms with Gasteiger partial charge in [-0.05, 0) is 37.5 Å². The first-order chi connectivity index (χ1) is 10.0. The molecule has 1 saturated heterocycles. The second-order valence-electron chi connectivity index (χ2n) is 6.82. The Balaban J connectivity index is 1.80. The van der Waals surface area contributed by atoms with Gasteiger partial charge in [-0.1, -0.05) is 13.8 Å². The smallest absolute Gasteiger partial charge is 0.222 e. The van der Waals surface area contributed by atoms with Gasteiger partial charge in [-0.25, -0.2) is 4.98 Å². The zero-order valence-electron chi connectivity index (χ0n) is 13.2. The molecule has 0 unspecified atom stereocenters. The van der Waals surface area contributed by atoms with Crippen molar-refractivity contribution in [2.45, 2.75) is 57.9 Å². The van der Waals surface area contributed by atoms with Gasteiger partial charge in [-0.2, -0.15) is 4.98 Å². The number of hydrogen-bond donors (Lipinski definition) is 2. The van der Waals surface area contributed by atoms with E-state index in [1.165, 1.54) is 19.3 Å². The van der Waals surface area contributed by atoms with Gasteiger partial charge in [0.1, 0.15) is 5.82 Å². The predicted octanol–water partition coefficient (Wildman–Crippen LogP) is 2.28. The van der Waals surface area contributed by atoms with Crippen molar-refractivity contribution in [3.8, 4) is 0 Å². The molecule has 5 heteroatoms. The van der Waals surface area contributed by atoms with Crippen LogP contribution in [-0.4, -0.2) is 29.1 Å². The molecule has 2 fully saturated rings. The van der Waals surface area contributed by atoms with E-state index in [2.05, 4.69) is 34.8 Å². The fourth-order valence-electron chi connectivity index (χ4n) is 3.70. The number of hydrogen-bond acceptors (Lipinski definition) is 5. The molecule has 2 heterocycles. The first-order valence-electron chi connectivity index (χ1n) is 8.20. The Morgan fingerprint density at radius 3 is 2.57 bits per heavy atom. The Hall–Kier alpha value is -1.36. The average molecular weight is 289 g/mol. The lowest BCUT2D eigenvalue weighted by Gasteiger charge is -2.32. The Bertz CT molecular complexity index is 505. The van der Waals surface area contributed by atoms with Crippen molar-refractivity contribution >= 4 is 11.8 Å². The van der Waals surface area contributed by atoms with E-state index in [0.29, 0.717) is 23.3 Å². The van der Waals surface area contributed by atoms with E-state index in [1.54, 1.807) is 0 Å². The summed E-state index contributed by atoms with van der Waals surface area (Å²) in [5, 5.41) is 0. The average Bonchev–Trinajstić information content (AvgIpc) is 2.88. The molecule has 4 N–H and O–H groups in total. The number of anilines is 2. The van der Waals surface area contributed by atoms with Crippen LogP contribution in [0.25, 0.3) is 0 Å². The summed E-state index contributed by atoms with van der Waals surface area (Å²) < 4.78 is 0. The molecular weight excluding hydrogens is 262 g/mol. The van der Waals surface area contributed by atoms with E-state index < -0.39 is 0 Å².